The zero-order valence-electron chi connectivity index (χ0n) is 12.7. The first-order chi connectivity index (χ1) is 11.2. The lowest BCUT2D eigenvalue weighted by atomic mass is 10.2. The van der Waals surface area contributed by atoms with Crippen LogP contribution in [0.1, 0.15) is 19.6 Å². The summed E-state index contributed by atoms with van der Waals surface area (Å²) < 4.78 is 33.3. The minimum absolute atomic E-state index is 0.197. The molecule has 1 aliphatic heterocycles. The lowest BCUT2D eigenvalue weighted by Crippen LogP contribution is -2.44. The van der Waals surface area contributed by atoms with Gasteiger partial charge in [-0.05, 0) is 13.0 Å². The highest BCUT2D eigenvalue weighted by atomic mass is 19.3. The van der Waals surface area contributed by atoms with Crippen molar-refractivity contribution < 1.29 is 28.5 Å². The van der Waals surface area contributed by atoms with Crippen molar-refractivity contribution in [3.63, 3.8) is 0 Å². The maximum atomic E-state index is 13.9. The van der Waals surface area contributed by atoms with Crippen molar-refractivity contribution in [1.29, 1.82) is 0 Å². The molecule has 0 aliphatic carbocycles. The SMILES string of the molecule is CC(O)C(N)C(=O)Nc1ccn(C2OC(CO)CC2(F)F)c(=O)n1. The van der Waals surface area contributed by atoms with Crippen LogP contribution in [0.5, 0.6) is 0 Å². The van der Waals surface area contributed by atoms with Crippen LogP contribution in [0.3, 0.4) is 0 Å². The van der Waals surface area contributed by atoms with Gasteiger partial charge in [0.2, 0.25) is 12.1 Å². The van der Waals surface area contributed by atoms with Crippen molar-refractivity contribution in [2.24, 2.45) is 5.73 Å². The van der Waals surface area contributed by atoms with Crippen LogP contribution in [0, 0.1) is 0 Å². The monoisotopic (exact) mass is 348 g/mol. The first kappa shape index (κ1) is 18.4. The molecule has 1 amide bonds. The Morgan fingerprint density at radius 2 is 2.33 bits per heavy atom. The van der Waals surface area contributed by atoms with Gasteiger partial charge in [-0.15, -0.1) is 0 Å². The molecule has 2 rings (SSSR count). The third-order valence-corrected chi connectivity index (χ3v) is 3.54. The van der Waals surface area contributed by atoms with Gasteiger partial charge in [-0.2, -0.15) is 4.98 Å². The van der Waals surface area contributed by atoms with Crippen molar-refractivity contribution >= 4 is 11.7 Å². The van der Waals surface area contributed by atoms with E-state index in [1.807, 2.05) is 0 Å². The zero-order chi connectivity index (χ0) is 18.1. The van der Waals surface area contributed by atoms with Gasteiger partial charge < -0.3 is 26.0 Å². The van der Waals surface area contributed by atoms with Crippen molar-refractivity contribution in [2.75, 3.05) is 11.9 Å². The van der Waals surface area contributed by atoms with Crippen molar-refractivity contribution in [3.8, 4) is 0 Å². The van der Waals surface area contributed by atoms with Gasteiger partial charge in [0, 0.05) is 12.6 Å². The van der Waals surface area contributed by atoms with E-state index in [0.29, 0.717) is 4.57 Å². The van der Waals surface area contributed by atoms with Crippen LogP contribution in [0.2, 0.25) is 0 Å². The van der Waals surface area contributed by atoms with Crippen LogP contribution in [0.25, 0.3) is 0 Å². The highest BCUT2D eigenvalue weighted by Gasteiger charge is 2.51. The van der Waals surface area contributed by atoms with Crippen LogP contribution in [-0.2, 0) is 9.53 Å². The normalized spacial score (nSPS) is 25.2. The second-order valence-corrected chi connectivity index (χ2v) is 5.52. The van der Waals surface area contributed by atoms with Gasteiger partial charge in [0.15, 0.2) is 0 Å². The third-order valence-electron chi connectivity index (χ3n) is 3.54. The van der Waals surface area contributed by atoms with Crippen LogP contribution < -0.4 is 16.7 Å². The molecular formula is C13H18F2N4O5. The standard InChI is InChI=1S/C13H18F2N4O5/c1-6(21)9(16)10(22)17-8-2-3-19(12(23)18-8)11-13(14,15)4-7(5-20)24-11/h2-3,6-7,9,11,20-21H,4-5,16H2,1H3,(H,17,18,22,23). The van der Waals surface area contributed by atoms with Gasteiger partial charge in [0.25, 0.3) is 5.92 Å². The predicted octanol–water partition coefficient (Wildman–Crippen LogP) is -1.19. The number of ether oxygens (including phenoxy) is 1. The smallest absolute Gasteiger partial charge is 0.351 e. The van der Waals surface area contributed by atoms with E-state index in [4.69, 9.17) is 15.6 Å². The van der Waals surface area contributed by atoms with Crippen LogP contribution in [0.4, 0.5) is 14.6 Å². The summed E-state index contributed by atoms with van der Waals surface area (Å²) in [5.74, 6) is -4.33. The maximum absolute atomic E-state index is 13.9. The molecule has 9 nitrogen and oxygen atoms in total. The lowest BCUT2D eigenvalue weighted by Gasteiger charge is -2.20. The average molecular weight is 348 g/mol. The second kappa shape index (κ2) is 6.89. The van der Waals surface area contributed by atoms with Crippen molar-refractivity contribution in [3.05, 3.63) is 22.7 Å². The molecule has 0 radical (unpaired) electrons. The molecule has 5 N–H and O–H groups in total. The molecule has 0 saturated carbocycles. The van der Waals surface area contributed by atoms with Crippen LogP contribution in [-0.4, -0.2) is 56.5 Å². The second-order valence-electron chi connectivity index (χ2n) is 5.52. The largest absolute Gasteiger partial charge is 0.394 e. The number of aliphatic hydroxyl groups excluding tert-OH is 2. The number of alkyl halides is 2. The fraction of sp³-hybridized carbons (Fsp3) is 0.615. The number of nitrogens with two attached hydrogens (primary N) is 1. The number of carbonyl (C=O) groups excluding carboxylic acids is 1. The Morgan fingerprint density at radius 3 is 2.83 bits per heavy atom. The number of carbonyl (C=O) groups is 1. The van der Waals surface area contributed by atoms with Crippen LogP contribution >= 0.6 is 0 Å². The minimum atomic E-state index is -3.35. The fourth-order valence-electron chi connectivity index (χ4n) is 2.20. The Bertz CT molecular complexity index is 666. The molecule has 0 aromatic carbocycles. The number of anilines is 1. The minimum Gasteiger partial charge on any atom is -0.394 e. The molecule has 4 atom stereocenters. The first-order valence-electron chi connectivity index (χ1n) is 7.13. The molecule has 1 fully saturated rings. The summed E-state index contributed by atoms with van der Waals surface area (Å²) in [6.07, 6.45) is -3.81. The Hall–Kier alpha value is -1.95. The zero-order valence-corrected chi connectivity index (χ0v) is 12.7. The summed E-state index contributed by atoms with van der Waals surface area (Å²) in [7, 11) is 0. The molecule has 1 aromatic heterocycles. The summed E-state index contributed by atoms with van der Waals surface area (Å²) in [6.45, 7) is 0.715. The van der Waals surface area contributed by atoms with Gasteiger partial charge >= 0.3 is 5.69 Å². The molecule has 0 bridgehead atoms. The van der Waals surface area contributed by atoms with Gasteiger partial charge in [-0.3, -0.25) is 9.36 Å². The van der Waals surface area contributed by atoms with Crippen LogP contribution in [0.15, 0.2) is 17.1 Å². The molecule has 2 heterocycles. The lowest BCUT2D eigenvalue weighted by molar-refractivity contribution is -0.120. The first-order valence-corrected chi connectivity index (χ1v) is 7.13. The van der Waals surface area contributed by atoms with E-state index in [1.54, 1.807) is 0 Å². The van der Waals surface area contributed by atoms with E-state index in [2.05, 4.69) is 10.3 Å². The number of amides is 1. The molecule has 134 valence electrons. The molecule has 1 aromatic rings. The predicted molar refractivity (Wildman–Crippen MR) is 77.3 cm³/mol. The number of aliphatic hydroxyl groups is 2. The molecular weight excluding hydrogens is 330 g/mol. The van der Waals surface area contributed by atoms with E-state index in [9.17, 15) is 23.5 Å². The fourth-order valence-corrected chi connectivity index (χ4v) is 2.20. The molecule has 1 saturated heterocycles. The summed E-state index contributed by atoms with van der Waals surface area (Å²) in [5.41, 5.74) is 4.36. The Kier molecular flexibility index (Phi) is 5.28. The Morgan fingerprint density at radius 1 is 1.67 bits per heavy atom. The number of nitrogens with zero attached hydrogens (tertiary/aromatic N) is 2. The number of hydrogen-bond donors (Lipinski definition) is 4. The number of halogens is 2. The van der Waals surface area contributed by atoms with E-state index in [1.165, 1.54) is 6.92 Å². The molecule has 24 heavy (non-hydrogen) atoms. The highest BCUT2D eigenvalue weighted by Crippen LogP contribution is 2.41. The van der Waals surface area contributed by atoms with E-state index in [0.717, 1.165) is 12.3 Å². The number of aromatic nitrogens is 2. The highest BCUT2D eigenvalue weighted by molar-refractivity contribution is 5.94. The van der Waals surface area contributed by atoms with Gasteiger partial charge in [0.1, 0.15) is 11.9 Å². The summed E-state index contributed by atoms with van der Waals surface area (Å²) >= 11 is 0. The van der Waals surface area contributed by atoms with E-state index < -0.39 is 55.0 Å². The topological polar surface area (TPSA) is 140 Å². The summed E-state index contributed by atoms with van der Waals surface area (Å²) in [6, 6.07) is -0.109. The number of nitrogens with one attached hydrogen (secondary N) is 1. The summed E-state index contributed by atoms with van der Waals surface area (Å²) in [5, 5.41) is 20.4. The van der Waals surface area contributed by atoms with Gasteiger partial charge in [-0.1, -0.05) is 0 Å². The van der Waals surface area contributed by atoms with Gasteiger partial charge in [0.05, 0.1) is 18.8 Å². The number of hydrogen-bond acceptors (Lipinski definition) is 7. The maximum Gasteiger partial charge on any atom is 0.351 e. The molecule has 1 aliphatic rings. The molecule has 11 heteroatoms. The van der Waals surface area contributed by atoms with E-state index in [-0.39, 0.29) is 5.82 Å². The molecule has 0 spiro atoms. The van der Waals surface area contributed by atoms with E-state index >= 15 is 0 Å². The molecule has 4 unspecified atom stereocenters. The Balaban J connectivity index is 2.19. The van der Waals surface area contributed by atoms with Gasteiger partial charge in [-0.25, -0.2) is 13.6 Å². The van der Waals surface area contributed by atoms with Crippen molar-refractivity contribution in [2.45, 2.75) is 43.7 Å². The summed E-state index contributed by atoms with van der Waals surface area (Å²) in [4.78, 5) is 27.1. The average Bonchev–Trinajstić information content (AvgIpc) is 2.81. The third kappa shape index (κ3) is 3.75. The van der Waals surface area contributed by atoms with Crippen molar-refractivity contribution in [1.82, 2.24) is 9.55 Å². The number of rotatable bonds is 5. The Labute approximate surface area is 135 Å². The quantitative estimate of drug-likeness (QED) is 0.524.